The summed E-state index contributed by atoms with van der Waals surface area (Å²) in [5.41, 5.74) is 4.06. The van der Waals surface area contributed by atoms with Crippen LogP contribution in [0.2, 0.25) is 0 Å². The van der Waals surface area contributed by atoms with Gasteiger partial charge in [-0.1, -0.05) is 54.6 Å². The van der Waals surface area contributed by atoms with Crippen molar-refractivity contribution in [2.45, 2.75) is 0 Å². The van der Waals surface area contributed by atoms with Crippen molar-refractivity contribution >= 4 is 28.3 Å². The Morgan fingerprint density at radius 2 is 1.33 bits per heavy atom. The number of nitrogens with zero attached hydrogens (tertiary/aromatic N) is 1. The van der Waals surface area contributed by atoms with E-state index in [1.54, 1.807) is 29.3 Å². The Bertz CT molecular complexity index is 1100. The summed E-state index contributed by atoms with van der Waals surface area (Å²) in [6.45, 7) is 0. The molecule has 0 saturated heterocycles. The normalized spacial score (nSPS) is 10.5. The number of amides is 1. The molecule has 27 heavy (non-hydrogen) atoms. The molecule has 0 unspecified atom stereocenters. The zero-order valence-corrected chi connectivity index (χ0v) is 14.3. The SMILES string of the molecule is O=C(NN(c1ccccc1)c1ccccc1)c1cc2ccccc2oc1=O. The standard InChI is InChI=1S/C22H16N2O3/c25-21(19-15-16-9-7-8-14-20(16)27-22(19)26)23-24(17-10-3-1-4-11-17)18-12-5-2-6-13-18/h1-15H,(H,23,25). The maximum Gasteiger partial charge on any atom is 0.349 e. The number of nitrogens with one attached hydrogen (secondary N) is 1. The maximum atomic E-state index is 12.9. The number of carbonyl (C=O) groups excluding carboxylic acids is 1. The van der Waals surface area contributed by atoms with Gasteiger partial charge >= 0.3 is 5.63 Å². The molecular formula is C22H16N2O3. The molecule has 0 bridgehead atoms. The number of hydrogen-bond acceptors (Lipinski definition) is 4. The molecule has 0 aliphatic rings. The van der Waals surface area contributed by atoms with Crippen molar-refractivity contribution < 1.29 is 9.21 Å². The monoisotopic (exact) mass is 356 g/mol. The Balaban J connectivity index is 1.72. The molecule has 132 valence electrons. The third-order valence-corrected chi connectivity index (χ3v) is 4.13. The van der Waals surface area contributed by atoms with E-state index >= 15 is 0 Å². The van der Waals surface area contributed by atoms with E-state index in [-0.39, 0.29) is 5.56 Å². The minimum Gasteiger partial charge on any atom is -0.422 e. The van der Waals surface area contributed by atoms with Gasteiger partial charge in [-0.15, -0.1) is 0 Å². The third kappa shape index (κ3) is 3.43. The molecule has 4 rings (SSSR count). The fourth-order valence-corrected chi connectivity index (χ4v) is 2.81. The molecule has 1 aromatic heterocycles. The highest BCUT2D eigenvalue weighted by Crippen LogP contribution is 2.23. The van der Waals surface area contributed by atoms with Crippen LogP contribution in [0.4, 0.5) is 11.4 Å². The van der Waals surface area contributed by atoms with Gasteiger partial charge in [-0.2, -0.15) is 0 Å². The number of rotatable bonds is 4. The highest BCUT2D eigenvalue weighted by Gasteiger charge is 2.18. The lowest BCUT2D eigenvalue weighted by Crippen LogP contribution is -2.40. The number of benzene rings is 3. The molecule has 4 aromatic rings. The van der Waals surface area contributed by atoms with Gasteiger partial charge in [-0.3, -0.25) is 15.2 Å². The Kier molecular flexibility index (Phi) is 4.41. The maximum absolute atomic E-state index is 12.9. The second kappa shape index (κ2) is 7.17. The number of fused-ring (bicyclic) bond motifs is 1. The summed E-state index contributed by atoms with van der Waals surface area (Å²) in [6.07, 6.45) is 0. The average Bonchev–Trinajstić information content (AvgIpc) is 2.72. The molecule has 0 radical (unpaired) electrons. The summed E-state index contributed by atoms with van der Waals surface area (Å²) in [5.74, 6) is -0.540. The van der Waals surface area contributed by atoms with Crippen LogP contribution >= 0.6 is 0 Å². The molecule has 0 aliphatic carbocycles. The molecule has 5 heteroatoms. The first-order valence-corrected chi connectivity index (χ1v) is 8.46. The van der Waals surface area contributed by atoms with Crippen molar-refractivity contribution in [3.8, 4) is 0 Å². The minimum absolute atomic E-state index is 0.0504. The van der Waals surface area contributed by atoms with Crippen molar-refractivity contribution in [3.05, 3.63) is 107 Å². The zero-order valence-electron chi connectivity index (χ0n) is 14.3. The summed E-state index contributed by atoms with van der Waals surface area (Å²) in [4.78, 5) is 25.1. The van der Waals surface area contributed by atoms with Crippen LogP contribution in [0, 0.1) is 0 Å². The van der Waals surface area contributed by atoms with Crippen molar-refractivity contribution in [1.29, 1.82) is 0 Å². The van der Waals surface area contributed by atoms with Crippen LogP contribution in [0.1, 0.15) is 10.4 Å². The van der Waals surface area contributed by atoms with E-state index in [2.05, 4.69) is 5.43 Å². The third-order valence-electron chi connectivity index (χ3n) is 4.13. The second-order valence-corrected chi connectivity index (χ2v) is 5.93. The largest absolute Gasteiger partial charge is 0.422 e. The number of carbonyl (C=O) groups is 1. The van der Waals surface area contributed by atoms with Gasteiger partial charge in [0.05, 0.1) is 11.4 Å². The van der Waals surface area contributed by atoms with Gasteiger partial charge in [0, 0.05) is 5.39 Å². The molecular weight excluding hydrogens is 340 g/mol. The first-order valence-electron chi connectivity index (χ1n) is 8.46. The van der Waals surface area contributed by atoms with Gasteiger partial charge in [-0.25, -0.2) is 4.79 Å². The molecule has 1 heterocycles. The lowest BCUT2D eigenvalue weighted by atomic mass is 10.2. The van der Waals surface area contributed by atoms with Gasteiger partial charge in [0.2, 0.25) is 0 Å². The van der Waals surface area contributed by atoms with E-state index in [4.69, 9.17) is 4.42 Å². The molecule has 3 aromatic carbocycles. The van der Waals surface area contributed by atoms with Crippen LogP contribution in [-0.4, -0.2) is 5.91 Å². The smallest absolute Gasteiger partial charge is 0.349 e. The second-order valence-electron chi connectivity index (χ2n) is 5.93. The van der Waals surface area contributed by atoms with Crippen LogP contribution in [-0.2, 0) is 0 Å². The molecule has 1 N–H and O–H groups in total. The Hall–Kier alpha value is -3.86. The number of hydrogen-bond donors (Lipinski definition) is 1. The van der Waals surface area contributed by atoms with E-state index in [0.29, 0.717) is 11.0 Å². The Morgan fingerprint density at radius 3 is 1.96 bits per heavy atom. The predicted octanol–water partition coefficient (Wildman–Crippen LogP) is 4.28. The van der Waals surface area contributed by atoms with Crippen molar-refractivity contribution in [2.75, 3.05) is 5.01 Å². The van der Waals surface area contributed by atoms with E-state index in [0.717, 1.165) is 11.4 Å². The van der Waals surface area contributed by atoms with Gasteiger partial charge in [0.15, 0.2) is 0 Å². The van der Waals surface area contributed by atoms with E-state index in [1.807, 2.05) is 66.7 Å². The minimum atomic E-state index is -0.674. The van der Waals surface area contributed by atoms with Crippen LogP contribution in [0.3, 0.4) is 0 Å². The fourth-order valence-electron chi connectivity index (χ4n) is 2.81. The van der Waals surface area contributed by atoms with Crippen LogP contribution in [0.25, 0.3) is 11.0 Å². The summed E-state index contributed by atoms with van der Waals surface area (Å²) < 4.78 is 5.27. The van der Waals surface area contributed by atoms with Gasteiger partial charge < -0.3 is 4.42 Å². The lowest BCUT2D eigenvalue weighted by molar-refractivity contribution is 0.0950. The van der Waals surface area contributed by atoms with E-state index < -0.39 is 11.5 Å². The lowest BCUT2D eigenvalue weighted by Gasteiger charge is -2.25. The quantitative estimate of drug-likeness (QED) is 0.438. The Labute approximate surface area is 155 Å². The Morgan fingerprint density at radius 1 is 0.778 bits per heavy atom. The molecule has 1 amide bonds. The number of para-hydroxylation sites is 3. The molecule has 0 atom stereocenters. The molecule has 0 spiro atoms. The molecule has 5 nitrogen and oxygen atoms in total. The first-order chi connectivity index (χ1) is 13.2. The van der Waals surface area contributed by atoms with Gasteiger partial charge in [-0.05, 0) is 36.4 Å². The van der Waals surface area contributed by atoms with Gasteiger partial charge in [0.1, 0.15) is 11.1 Å². The predicted molar refractivity (Wildman–Crippen MR) is 105 cm³/mol. The molecule has 0 saturated carbocycles. The topological polar surface area (TPSA) is 62.6 Å². The molecule has 0 fully saturated rings. The summed E-state index contributed by atoms with van der Waals surface area (Å²) in [7, 11) is 0. The van der Waals surface area contributed by atoms with Gasteiger partial charge in [0.25, 0.3) is 5.91 Å². The number of hydrazine groups is 1. The van der Waals surface area contributed by atoms with Crippen LogP contribution < -0.4 is 16.1 Å². The van der Waals surface area contributed by atoms with Crippen LogP contribution in [0.5, 0.6) is 0 Å². The van der Waals surface area contributed by atoms with Crippen molar-refractivity contribution in [1.82, 2.24) is 5.43 Å². The summed E-state index contributed by atoms with van der Waals surface area (Å²) >= 11 is 0. The highest BCUT2D eigenvalue weighted by molar-refractivity contribution is 5.98. The summed E-state index contributed by atoms with van der Waals surface area (Å²) in [5, 5.41) is 2.32. The number of anilines is 2. The summed E-state index contributed by atoms with van der Waals surface area (Å²) in [6, 6.07) is 27.4. The highest BCUT2D eigenvalue weighted by atomic mass is 16.4. The fraction of sp³-hybridized carbons (Fsp3) is 0. The molecule has 0 aliphatic heterocycles. The van der Waals surface area contributed by atoms with E-state index in [1.165, 1.54) is 0 Å². The van der Waals surface area contributed by atoms with Crippen molar-refractivity contribution in [3.63, 3.8) is 0 Å². The van der Waals surface area contributed by atoms with Crippen molar-refractivity contribution in [2.24, 2.45) is 0 Å². The van der Waals surface area contributed by atoms with E-state index in [9.17, 15) is 9.59 Å². The average molecular weight is 356 g/mol. The zero-order chi connectivity index (χ0) is 18.6. The van der Waals surface area contributed by atoms with Crippen LogP contribution in [0.15, 0.2) is 100 Å². The first kappa shape index (κ1) is 16.6.